The van der Waals surface area contributed by atoms with Gasteiger partial charge < -0.3 is 8.98 Å². The van der Waals surface area contributed by atoms with Gasteiger partial charge >= 0.3 is 11.9 Å². The number of halogens is 3. The van der Waals surface area contributed by atoms with Crippen molar-refractivity contribution in [2.45, 2.75) is 25.7 Å². The Hall–Kier alpha value is -3.11. The summed E-state index contributed by atoms with van der Waals surface area (Å²) in [5.74, 6) is 0.309. The highest BCUT2D eigenvalue weighted by Crippen LogP contribution is 2.21. The van der Waals surface area contributed by atoms with Crippen LogP contribution in [-0.4, -0.2) is 30.5 Å². The molecule has 0 saturated heterocycles. The smallest absolute Gasteiger partial charge is 0.408 e. The molecule has 0 fully saturated rings. The molecule has 0 atom stereocenters. The molecule has 0 amide bonds. The van der Waals surface area contributed by atoms with Gasteiger partial charge in [0.25, 0.3) is 5.56 Å². The summed E-state index contributed by atoms with van der Waals surface area (Å²) in [6, 6.07) is 4.25. The number of H-pyrrole nitrogens is 1. The molecule has 3 aromatic heterocycles. The zero-order valence-electron chi connectivity index (χ0n) is 12.7. The fourth-order valence-corrected chi connectivity index (χ4v) is 2.21. The average molecular weight is 355 g/mol. The van der Waals surface area contributed by atoms with E-state index in [0.717, 1.165) is 10.7 Å². The minimum absolute atomic E-state index is 0.00966. The van der Waals surface area contributed by atoms with Gasteiger partial charge in [0.15, 0.2) is 5.76 Å². The molecule has 0 saturated carbocycles. The maximum atomic E-state index is 12.7. The number of hydrogen-bond acceptors (Lipinski definition) is 5. The zero-order chi connectivity index (χ0) is 18.0. The number of aryl methyl sites for hydroxylation is 2. The van der Waals surface area contributed by atoms with E-state index in [2.05, 4.69) is 15.1 Å². The van der Waals surface area contributed by atoms with Gasteiger partial charge in [0.2, 0.25) is 5.82 Å². The van der Waals surface area contributed by atoms with Crippen molar-refractivity contribution >= 4 is 0 Å². The second-order valence-corrected chi connectivity index (χ2v) is 5.16. The van der Waals surface area contributed by atoms with Crippen molar-refractivity contribution in [3.8, 4) is 11.6 Å². The minimum atomic E-state index is -4.47. The van der Waals surface area contributed by atoms with Crippen molar-refractivity contribution in [1.82, 2.24) is 24.3 Å². The molecular weight excluding hydrogens is 343 g/mol. The summed E-state index contributed by atoms with van der Waals surface area (Å²) < 4.78 is 45.2. The maximum absolute atomic E-state index is 12.7. The van der Waals surface area contributed by atoms with E-state index in [1.165, 1.54) is 23.1 Å². The normalized spacial score (nSPS) is 11.8. The van der Waals surface area contributed by atoms with E-state index in [1.807, 2.05) is 0 Å². The largest absolute Gasteiger partial charge is 0.461 e. The molecular formula is C14H12F3N5O3. The first-order chi connectivity index (χ1) is 11.8. The average Bonchev–Trinajstić information content (AvgIpc) is 3.14. The molecule has 0 aliphatic rings. The molecule has 3 heterocycles. The lowest BCUT2D eigenvalue weighted by atomic mass is 10.3. The number of alkyl halides is 3. The number of hydrogen-bond donors (Lipinski definition) is 1. The Balaban J connectivity index is 1.88. The predicted molar refractivity (Wildman–Crippen MR) is 78.8 cm³/mol. The van der Waals surface area contributed by atoms with E-state index in [4.69, 9.17) is 4.42 Å². The highest BCUT2D eigenvalue weighted by Gasteiger charge is 2.30. The molecule has 3 aromatic rings. The Morgan fingerprint density at radius 1 is 1.24 bits per heavy atom. The van der Waals surface area contributed by atoms with Crippen LogP contribution in [0.2, 0.25) is 0 Å². The second kappa shape index (κ2) is 6.42. The van der Waals surface area contributed by atoms with E-state index in [9.17, 15) is 22.8 Å². The van der Waals surface area contributed by atoms with Crippen molar-refractivity contribution < 1.29 is 17.6 Å². The molecule has 11 heteroatoms. The number of rotatable bonds is 5. The molecule has 25 heavy (non-hydrogen) atoms. The van der Waals surface area contributed by atoms with E-state index in [-0.39, 0.29) is 30.4 Å². The lowest BCUT2D eigenvalue weighted by molar-refractivity contribution is -0.143. The third-order valence-electron chi connectivity index (χ3n) is 3.29. The molecule has 0 spiro atoms. The molecule has 0 radical (unpaired) electrons. The summed E-state index contributed by atoms with van der Waals surface area (Å²) >= 11 is 0. The highest BCUT2D eigenvalue weighted by molar-refractivity contribution is 5.45. The van der Waals surface area contributed by atoms with Crippen LogP contribution >= 0.6 is 0 Å². The Bertz CT molecular complexity index is 969. The van der Waals surface area contributed by atoms with Crippen molar-refractivity contribution in [2.75, 3.05) is 0 Å². The second-order valence-electron chi connectivity index (χ2n) is 5.16. The lowest BCUT2D eigenvalue weighted by Crippen LogP contribution is -2.29. The third-order valence-corrected chi connectivity index (χ3v) is 3.29. The minimum Gasteiger partial charge on any atom is -0.461 e. The third kappa shape index (κ3) is 4.05. The van der Waals surface area contributed by atoms with E-state index >= 15 is 0 Å². The maximum Gasteiger partial charge on any atom is 0.408 e. The van der Waals surface area contributed by atoms with Gasteiger partial charge in [0.1, 0.15) is 12.4 Å². The van der Waals surface area contributed by atoms with Crippen LogP contribution in [0.25, 0.3) is 11.6 Å². The topological polar surface area (TPSA) is 98.7 Å². The fourth-order valence-electron chi connectivity index (χ4n) is 2.21. The van der Waals surface area contributed by atoms with Gasteiger partial charge in [-0.1, -0.05) is 0 Å². The molecule has 3 rings (SSSR count). The van der Waals surface area contributed by atoms with Gasteiger partial charge in [-0.05, 0) is 12.1 Å². The highest BCUT2D eigenvalue weighted by atomic mass is 19.4. The molecule has 132 valence electrons. The van der Waals surface area contributed by atoms with E-state index < -0.39 is 24.0 Å². The van der Waals surface area contributed by atoms with Crippen LogP contribution in [0.15, 0.2) is 44.7 Å². The van der Waals surface area contributed by atoms with Crippen molar-refractivity contribution in [1.29, 1.82) is 0 Å². The molecule has 0 aromatic carbocycles. The SMILES string of the molecule is O=c1ccn(CCc2nc(-c3ccco3)nn2CC(F)(F)F)c(=O)[nH]1. The Labute approximate surface area is 137 Å². The number of aromatic amines is 1. The summed E-state index contributed by atoms with van der Waals surface area (Å²) in [5.41, 5.74) is -1.21. The van der Waals surface area contributed by atoms with Gasteiger partial charge in [0.05, 0.1) is 6.26 Å². The molecule has 1 N–H and O–H groups in total. The van der Waals surface area contributed by atoms with Gasteiger partial charge in [-0.25, -0.2) is 14.5 Å². The van der Waals surface area contributed by atoms with Gasteiger partial charge in [-0.3, -0.25) is 9.78 Å². The number of furan rings is 1. The Morgan fingerprint density at radius 3 is 2.68 bits per heavy atom. The molecule has 0 aliphatic heterocycles. The number of nitrogens with one attached hydrogen (secondary N) is 1. The van der Waals surface area contributed by atoms with Crippen molar-refractivity contribution in [3.63, 3.8) is 0 Å². The quantitative estimate of drug-likeness (QED) is 0.741. The number of nitrogens with zero attached hydrogens (tertiary/aromatic N) is 4. The van der Waals surface area contributed by atoms with Gasteiger partial charge in [-0.15, -0.1) is 5.10 Å². The molecule has 0 aliphatic carbocycles. The summed E-state index contributed by atoms with van der Waals surface area (Å²) in [6.07, 6.45) is -1.84. The Kier molecular flexibility index (Phi) is 4.30. The molecule has 0 bridgehead atoms. The van der Waals surface area contributed by atoms with Gasteiger partial charge in [-0.2, -0.15) is 13.2 Å². The summed E-state index contributed by atoms with van der Waals surface area (Å²) in [6.45, 7) is -1.28. The first-order valence-corrected chi connectivity index (χ1v) is 7.16. The summed E-state index contributed by atoms with van der Waals surface area (Å²) in [4.78, 5) is 28.8. The van der Waals surface area contributed by atoms with Gasteiger partial charge in [0, 0.05) is 25.2 Å². The summed E-state index contributed by atoms with van der Waals surface area (Å²) in [7, 11) is 0. The standard InChI is InChI=1S/C14H12F3N5O3/c15-14(16,17)8-22-10(18-12(20-22)9-2-1-7-25-9)3-5-21-6-4-11(23)19-13(21)24/h1-2,4,6-7H,3,5,8H2,(H,19,23,24). The van der Waals surface area contributed by atoms with Crippen LogP contribution in [0.3, 0.4) is 0 Å². The lowest BCUT2D eigenvalue weighted by Gasteiger charge is -2.09. The van der Waals surface area contributed by atoms with Crippen LogP contribution in [0.4, 0.5) is 13.2 Å². The molecule has 8 nitrogen and oxygen atoms in total. The monoisotopic (exact) mass is 355 g/mol. The van der Waals surface area contributed by atoms with Crippen LogP contribution in [0.1, 0.15) is 5.82 Å². The fraction of sp³-hybridized carbons (Fsp3) is 0.286. The van der Waals surface area contributed by atoms with Crippen molar-refractivity contribution in [3.05, 3.63) is 57.3 Å². The summed E-state index contributed by atoms with van der Waals surface area (Å²) in [5, 5.41) is 3.83. The Morgan fingerprint density at radius 2 is 2.04 bits per heavy atom. The first-order valence-electron chi connectivity index (χ1n) is 7.16. The van der Waals surface area contributed by atoms with Crippen molar-refractivity contribution in [2.24, 2.45) is 0 Å². The molecule has 0 unspecified atom stereocenters. The van der Waals surface area contributed by atoms with E-state index in [0.29, 0.717) is 0 Å². The number of aromatic nitrogens is 5. The van der Waals surface area contributed by atoms with Crippen LogP contribution < -0.4 is 11.2 Å². The van der Waals surface area contributed by atoms with Crippen LogP contribution in [-0.2, 0) is 19.5 Å². The predicted octanol–water partition coefficient (Wildman–Crippen LogP) is 1.19. The van der Waals surface area contributed by atoms with E-state index in [1.54, 1.807) is 6.07 Å². The van der Waals surface area contributed by atoms with Crippen LogP contribution in [0.5, 0.6) is 0 Å². The zero-order valence-corrected chi connectivity index (χ0v) is 12.7. The first kappa shape index (κ1) is 16.7. The van der Waals surface area contributed by atoms with Crippen LogP contribution in [0, 0.1) is 0 Å².